The van der Waals surface area contributed by atoms with Crippen LogP contribution in [0.2, 0.25) is 5.02 Å². The second kappa shape index (κ2) is 6.07. The van der Waals surface area contributed by atoms with E-state index in [4.69, 9.17) is 16.3 Å². The van der Waals surface area contributed by atoms with E-state index >= 15 is 0 Å². The van der Waals surface area contributed by atoms with Crippen molar-refractivity contribution in [3.05, 3.63) is 61.1 Å². The lowest BCUT2D eigenvalue weighted by atomic mass is 10.2. The Morgan fingerprint density at radius 2 is 1.82 bits per heavy atom. The summed E-state index contributed by atoms with van der Waals surface area (Å²) in [5.41, 5.74) is 1.13. The largest absolute Gasteiger partial charge is 0.487 e. The van der Waals surface area contributed by atoms with Crippen LogP contribution in [0, 0.1) is 3.57 Å². The highest BCUT2D eigenvalue weighted by molar-refractivity contribution is 14.1. The van der Waals surface area contributed by atoms with Crippen molar-refractivity contribution in [1.29, 1.82) is 0 Å². The fraction of sp³-hybridized carbons (Fsp3) is 0.0769. The molecule has 0 aliphatic carbocycles. The topological polar surface area (TPSA) is 9.23 Å². The first-order chi connectivity index (χ1) is 8.18. The van der Waals surface area contributed by atoms with Gasteiger partial charge in [-0.25, -0.2) is 0 Å². The van der Waals surface area contributed by atoms with Crippen LogP contribution in [0.25, 0.3) is 0 Å². The third-order valence-corrected chi connectivity index (χ3v) is 5.45. The van der Waals surface area contributed by atoms with E-state index < -0.39 is 0 Å². The molecule has 0 radical (unpaired) electrons. The molecule has 2 aromatic rings. The average molecular weight is 423 g/mol. The Morgan fingerprint density at radius 3 is 2.53 bits per heavy atom. The van der Waals surface area contributed by atoms with Crippen LogP contribution in [0.1, 0.15) is 5.56 Å². The third-order valence-electron chi connectivity index (χ3n) is 2.24. The molecule has 0 aliphatic heterocycles. The van der Waals surface area contributed by atoms with Gasteiger partial charge in [-0.2, -0.15) is 0 Å². The molecule has 0 saturated heterocycles. The van der Waals surface area contributed by atoms with Gasteiger partial charge in [0.25, 0.3) is 0 Å². The lowest BCUT2D eigenvalue weighted by Gasteiger charge is -2.10. The molecular weight excluding hydrogens is 414 g/mol. The molecule has 2 rings (SSSR count). The monoisotopic (exact) mass is 422 g/mol. The Labute approximate surface area is 127 Å². The zero-order valence-corrected chi connectivity index (χ0v) is 13.3. The summed E-state index contributed by atoms with van der Waals surface area (Å²) in [6, 6.07) is 13.8. The Morgan fingerprint density at radius 1 is 1.12 bits per heavy atom. The molecule has 4 heteroatoms. The van der Waals surface area contributed by atoms with Crippen molar-refractivity contribution in [1.82, 2.24) is 0 Å². The van der Waals surface area contributed by atoms with Gasteiger partial charge in [-0.15, -0.1) is 0 Å². The van der Waals surface area contributed by atoms with E-state index in [0.717, 1.165) is 13.6 Å². The summed E-state index contributed by atoms with van der Waals surface area (Å²) in [6.45, 7) is 0.526. The molecule has 0 aromatic heterocycles. The summed E-state index contributed by atoms with van der Waals surface area (Å²) < 4.78 is 7.65. The second-order valence-electron chi connectivity index (χ2n) is 3.45. The highest BCUT2D eigenvalue weighted by atomic mass is 127. The van der Waals surface area contributed by atoms with Crippen LogP contribution in [0.3, 0.4) is 0 Å². The smallest absolute Gasteiger partial charge is 0.139 e. The lowest BCUT2D eigenvalue weighted by molar-refractivity contribution is 0.306. The average Bonchev–Trinajstić information content (AvgIpc) is 2.36. The molecule has 88 valence electrons. The number of hydrogen-bond donors (Lipinski definition) is 0. The van der Waals surface area contributed by atoms with Crippen molar-refractivity contribution in [2.24, 2.45) is 0 Å². The molecule has 0 N–H and O–H groups in total. The maximum Gasteiger partial charge on any atom is 0.139 e. The molecule has 0 spiro atoms. The van der Waals surface area contributed by atoms with E-state index in [9.17, 15) is 0 Å². The van der Waals surface area contributed by atoms with E-state index in [1.807, 2.05) is 42.5 Å². The summed E-state index contributed by atoms with van der Waals surface area (Å²) in [5.74, 6) is 0.711. The normalized spacial score (nSPS) is 10.3. The Bertz CT molecular complexity index is 516. The fourth-order valence-corrected chi connectivity index (χ4v) is 2.46. The molecule has 2 aromatic carbocycles. The van der Waals surface area contributed by atoms with E-state index in [0.29, 0.717) is 17.4 Å². The number of rotatable bonds is 3. The molecular formula is C13H9BrClIO. The Kier molecular flexibility index (Phi) is 4.70. The van der Waals surface area contributed by atoms with Gasteiger partial charge < -0.3 is 4.74 Å². The first kappa shape index (κ1) is 13.2. The predicted octanol–water partition coefficient (Wildman–Crippen LogP) is 5.29. The number of ether oxygens (including phenoxy) is 1. The van der Waals surface area contributed by atoms with Crippen LogP contribution >= 0.6 is 50.1 Å². The van der Waals surface area contributed by atoms with Crippen LogP contribution < -0.4 is 4.74 Å². The maximum absolute atomic E-state index is 6.20. The predicted molar refractivity (Wildman–Crippen MR) is 82.6 cm³/mol. The summed E-state index contributed by atoms with van der Waals surface area (Å²) >= 11 is 11.8. The number of benzene rings is 2. The fourth-order valence-electron chi connectivity index (χ4n) is 1.35. The van der Waals surface area contributed by atoms with Crippen LogP contribution in [-0.2, 0) is 6.61 Å². The molecule has 0 heterocycles. The van der Waals surface area contributed by atoms with E-state index in [-0.39, 0.29) is 0 Å². The molecule has 0 bridgehead atoms. The van der Waals surface area contributed by atoms with Crippen molar-refractivity contribution in [3.63, 3.8) is 0 Å². The zero-order chi connectivity index (χ0) is 12.3. The third kappa shape index (κ3) is 3.36. The van der Waals surface area contributed by atoms with Crippen molar-refractivity contribution in [2.45, 2.75) is 6.61 Å². The van der Waals surface area contributed by atoms with Crippen LogP contribution in [-0.4, -0.2) is 0 Å². The van der Waals surface area contributed by atoms with Crippen molar-refractivity contribution < 1.29 is 4.74 Å². The Balaban J connectivity index is 2.13. The molecule has 0 fully saturated rings. The highest BCUT2D eigenvalue weighted by Gasteiger charge is 2.08. The minimum Gasteiger partial charge on any atom is -0.487 e. The minimum atomic E-state index is 0.526. The van der Waals surface area contributed by atoms with Gasteiger partial charge in [0.05, 0.1) is 5.02 Å². The summed E-state index contributed by atoms with van der Waals surface area (Å²) in [5, 5.41) is 0.649. The molecule has 0 aliphatic rings. The molecule has 17 heavy (non-hydrogen) atoms. The van der Waals surface area contributed by atoms with Gasteiger partial charge in [0.15, 0.2) is 0 Å². The van der Waals surface area contributed by atoms with E-state index in [2.05, 4.69) is 38.5 Å². The van der Waals surface area contributed by atoms with E-state index in [1.165, 1.54) is 0 Å². The van der Waals surface area contributed by atoms with Crippen molar-refractivity contribution in [2.75, 3.05) is 0 Å². The SMILES string of the molecule is Clc1c(OCc2ccccc2)ccc(Br)c1I. The standard InChI is InChI=1S/C13H9BrClIO/c14-10-6-7-11(12(15)13(10)16)17-8-9-4-2-1-3-5-9/h1-7H,8H2. The van der Waals surface area contributed by atoms with Gasteiger partial charge in [-0.3, -0.25) is 0 Å². The molecule has 0 saturated carbocycles. The van der Waals surface area contributed by atoms with E-state index in [1.54, 1.807) is 0 Å². The van der Waals surface area contributed by atoms with Crippen molar-refractivity contribution >= 4 is 50.1 Å². The van der Waals surface area contributed by atoms with Gasteiger partial charge in [-0.05, 0) is 56.2 Å². The van der Waals surface area contributed by atoms with Gasteiger partial charge in [0.1, 0.15) is 12.4 Å². The van der Waals surface area contributed by atoms with Gasteiger partial charge >= 0.3 is 0 Å². The molecule has 0 amide bonds. The van der Waals surface area contributed by atoms with Crippen molar-refractivity contribution in [3.8, 4) is 5.75 Å². The second-order valence-corrected chi connectivity index (χ2v) is 5.76. The number of hydrogen-bond acceptors (Lipinski definition) is 1. The minimum absolute atomic E-state index is 0.526. The number of halogens is 3. The quantitative estimate of drug-likeness (QED) is 0.482. The Hall–Kier alpha value is -0.260. The maximum atomic E-state index is 6.20. The first-order valence-electron chi connectivity index (χ1n) is 4.98. The zero-order valence-electron chi connectivity index (χ0n) is 8.79. The van der Waals surface area contributed by atoms with Crippen LogP contribution in [0.5, 0.6) is 5.75 Å². The van der Waals surface area contributed by atoms with Crippen LogP contribution in [0.15, 0.2) is 46.9 Å². The molecule has 1 nitrogen and oxygen atoms in total. The summed E-state index contributed by atoms with van der Waals surface area (Å²) in [6.07, 6.45) is 0. The lowest BCUT2D eigenvalue weighted by Crippen LogP contribution is -1.96. The highest BCUT2D eigenvalue weighted by Crippen LogP contribution is 2.34. The first-order valence-corrected chi connectivity index (χ1v) is 7.23. The molecule has 0 atom stereocenters. The summed E-state index contributed by atoms with van der Waals surface area (Å²) in [7, 11) is 0. The summed E-state index contributed by atoms with van der Waals surface area (Å²) in [4.78, 5) is 0. The molecule has 0 unspecified atom stereocenters. The van der Waals surface area contributed by atoms with Gasteiger partial charge in [0, 0.05) is 8.04 Å². The van der Waals surface area contributed by atoms with Crippen LogP contribution in [0.4, 0.5) is 0 Å². The van der Waals surface area contributed by atoms with Gasteiger partial charge in [0.2, 0.25) is 0 Å². The van der Waals surface area contributed by atoms with Gasteiger partial charge in [-0.1, -0.05) is 41.9 Å².